The second kappa shape index (κ2) is 4.27. The van der Waals surface area contributed by atoms with Crippen molar-refractivity contribution >= 4 is 28.5 Å². The standard InChI is InChI=1S/C12H10ClN5/c13-9-3-1-2-8(4-9)6-18-12-10(5-17-18)11(14)15-7-16-12/h1-5,7H,6H2,(H2,14,15,16). The van der Waals surface area contributed by atoms with Gasteiger partial charge in [0, 0.05) is 5.02 Å². The van der Waals surface area contributed by atoms with Gasteiger partial charge in [-0.1, -0.05) is 23.7 Å². The monoisotopic (exact) mass is 259 g/mol. The van der Waals surface area contributed by atoms with Crippen LogP contribution in [0.2, 0.25) is 5.02 Å². The van der Waals surface area contributed by atoms with Gasteiger partial charge in [0.2, 0.25) is 0 Å². The van der Waals surface area contributed by atoms with E-state index in [-0.39, 0.29) is 0 Å². The van der Waals surface area contributed by atoms with Gasteiger partial charge in [-0.15, -0.1) is 0 Å². The Morgan fingerprint density at radius 1 is 1.28 bits per heavy atom. The van der Waals surface area contributed by atoms with Crippen LogP contribution in [0.5, 0.6) is 0 Å². The van der Waals surface area contributed by atoms with Gasteiger partial charge in [-0.05, 0) is 17.7 Å². The summed E-state index contributed by atoms with van der Waals surface area (Å²) in [6.07, 6.45) is 3.11. The number of anilines is 1. The predicted octanol–water partition coefficient (Wildman–Crippen LogP) is 2.11. The predicted molar refractivity (Wildman–Crippen MR) is 70.3 cm³/mol. The molecular weight excluding hydrogens is 250 g/mol. The smallest absolute Gasteiger partial charge is 0.163 e. The molecule has 0 saturated heterocycles. The van der Waals surface area contributed by atoms with Crippen LogP contribution in [0.3, 0.4) is 0 Å². The zero-order chi connectivity index (χ0) is 12.5. The molecule has 0 aliphatic heterocycles. The maximum absolute atomic E-state index is 5.95. The Kier molecular flexibility index (Phi) is 2.60. The number of nitrogen functional groups attached to an aromatic ring is 1. The second-order valence-electron chi connectivity index (χ2n) is 3.93. The van der Waals surface area contributed by atoms with E-state index >= 15 is 0 Å². The van der Waals surface area contributed by atoms with Crippen molar-refractivity contribution in [3.63, 3.8) is 0 Å². The molecule has 0 unspecified atom stereocenters. The molecule has 0 spiro atoms. The van der Waals surface area contributed by atoms with E-state index in [2.05, 4.69) is 15.1 Å². The Balaban J connectivity index is 2.03. The first-order chi connectivity index (χ1) is 8.74. The molecule has 0 bridgehead atoms. The molecule has 2 heterocycles. The van der Waals surface area contributed by atoms with Gasteiger partial charge in [-0.2, -0.15) is 5.10 Å². The summed E-state index contributed by atoms with van der Waals surface area (Å²) in [5.41, 5.74) is 7.55. The number of nitrogens with zero attached hydrogens (tertiary/aromatic N) is 4. The molecule has 2 N–H and O–H groups in total. The molecule has 90 valence electrons. The molecule has 18 heavy (non-hydrogen) atoms. The fraction of sp³-hybridized carbons (Fsp3) is 0.0833. The minimum atomic E-state index is 0.442. The second-order valence-corrected chi connectivity index (χ2v) is 4.36. The quantitative estimate of drug-likeness (QED) is 0.765. The number of fused-ring (bicyclic) bond motifs is 1. The number of rotatable bonds is 2. The van der Waals surface area contributed by atoms with Gasteiger partial charge in [-0.3, -0.25) is 0 Å². The molecule has 0 atom stereocenters. The Morgan fingerprint density at radius 3 is 3.00 bits per heavy atom. The molecule has 0 fully saturated rings. The van der Waals surface area contributed by atoms with Gasteiger partial charge >= 0.3 is 0 Å². The van der Waals surface area contributed by atoms with Gasteiger partial charge < -0.3 is 5.73 Å². The minimum Gasteiger partial charge on any atom is -0.383 e. The van der Waals surface area contributed by atoms with Crippen LogP contribution in [0, 0.1) is 0 Å². The molecule has 5 nitrogen and oxygen atoms in total. The van der Waals surface area contributed by atoms with Gasteiger partial charge in [0.25, 0.3) is 0 Å². The highest BCUT2D eigenvalue weighted by molar-refractivity contribution is 6.30. The highest BCUT2D eigenvalue weighted by Crippen LogP contribution is 2.17. The molecule has 3 aromatic rings. The first-order valence-electron chi connectivity index (χ1n) is 5.40. The van der Waals surface area contributed by atoms with E-state index < -0.39 is 0 Å². The van der Waals surface area contributed by atoms with Crippen molar-refractivity contribution in [2.45, 2.75) is 6.54 Å². The van der Waals surface area contributed by atoms with Crippen molar-refractivity contribution in [3.8, 4) is 0 Å². The lowest BCUT2D eigenvalue weighted by Crippen LogP contribution is -2.03. The molecule has 2 aromatic heterocycles. The Labute approximate surface area is 108 Å². The van der Waals surface area contributed by atoms with Crippen molar-refractivity contribution < 1.29 is 0 Å². The van der Waals surface area contributed by atoms with Crippen LogP contribution in [0.1, 0.15) is 5.56 Å². The first-order valence-corrected chi connectivity index (χ1v) is 5.78. The average molecular weight is 260 g/mol. The maximum atomic E-state index is 5.95. The Hall–Kier alpha value is -2.14. The van der Waals surface area contributed by atoms with E-state index in [0.29, 0.717) is 17.4 Å². The van der Waals surface area contributed by atoms with Crippen molar-refractivity contribution in [1.82, 2.24) is 19.7 Å². The van der Waals surface area contributed by atoms with Gasteiger partial charge in [0.05, 0.1) is 18.1 Å². The van der Waals surface area contributed by atoms with Gasteiger partial charge in [-0.25, -0.2) is 14.6 Å². The largest absolute Gasteiger partial charge is 0.383 e. The van der Waals surface area contributed by atoms with Gasteiger partial charge in [0.15, 0.2) is 5.65 Å². The molecule has 6 heteroatoms. The van der Waals surface area contributed by atoms with Crippen LogP contribution >= 0.6 is 11.6 Å². The number of halogens is 1. The normalized spacial score (nSPS) is 10.9. The van der Waals surface area contributed by atoms with Crippen molar-refractivity contribution in [2.75, 3.05) is 5.73 Å². The fourth-order valence-electron chi connectivity index (χ4n) is 1.84. The molecule has 1 aromatic carbocycles. The summed E-state index contributed by atoms with van der Waals surface area (Å²) in [6.45, 7) is 0.598. The van der Waals surface area contributed by atoms with Crippen LogP contribution < -0.4 is 5.73 Å². The minimum absolute atomic E-state index is 0.442. The topological polar surface area (TPSA) is 69.6 Å². The molecule has 3 rings (SSSR count). The number of hydrogen-bond donors (Lipinski definition) is 1. The first kappa shape index (κ1) is 11.0. The van der Waals surface area contributed by atoms with E-state index in [1.54, 1.807) is 10.9 Å². The summed E-state index contributed by atoms with van der Waals surface area (Å²) in [4.78, 5) is 8.13. The highest BCUT2D eigenvalue weighted by atomic mass is 35.5. The van der Waals surface area contributed by atoms with Crippen LogP contribution in [0.25, 0.3) is 11.0 Å². The van der Waals surface area contributed by atoms with E-state index in [4.69, 9.17) is 17.3 Å². The van der Waals surface area contributed by atoms with E-state index in [9.17, 15) is 0 Å². The zero-order valence-electron chi connectivity index (χ0n) is 9.42. The van der Waals surface area contributed by atoms with Crippen molar-refractivity contribution in [3.05, 3.63) is 47.4 Å². The third-order valence-electron chi connectivity index (χ3n) is 2.69. The maximum Gasteiger partial charge on any atom is 0.163 e. The van der Waals surface area contributed by atoms with Gasteiger partial charge in [0.1, 0.15) is 12.1 Å². The number of benzene rings is 1. The summed E-state index contributed by atoms with van der Waals surface area (Å²) in [5, 5.41) is 5.74. The molecule has 0 amide bonds. The van der Waals surface area contributed by atoms with E-state index in [1.807, 2.05) is 24.3 Å². The SMILES string of the molecule is Nc1ncnc2c1cnn2Cc1cccc(Cl)c1. The van der Waals surface area contributed by atoms with Crippen LogP contribution in [0.15, 0.2) is 36.8 Å². The third-order valence-corrected chi connectivity index (χ3v) is 2.92. The van der Waals surface area contributed by atoms with Crippen LogP contribution in [-0.2, 0) is 6.54 Å². The summed E-state index contributed by atoms with van der Waals surface area (Å²) in [7, 11) is 0. The Bertz CT molecular complexity index is 707. The molecule has 0 aliphatic carbocycles. The lowest BCUT2D eigenvalue weighted by atomic mass is 10.2. The van der Waals surface area contributed by atoms with Crippen LogP contribution in [-0.4, -0.2) is 19.7 Å². The number of aromatic nitrogens is 4. The highest BCUT2D eigenvalue weighted by Gasteiger charge is 2.07. The third kappa shape index (κ3) is 1.89. The van der Waals surface area contributed by atoms with Crippen LogP contribution in [0.4, 0.5) is 5.82 Å². The summed E-state index contributed by atoms with van der Waals surface area (Å²) in [5.74, 6) is 0.442. The zero-order valence-corrected chi connectivity index (χ0v) is 10.2. The lowest BCUT2D eigenvalue weighted by Gasteiger charge is -2.03. The fourth-order valence-corrected chi connectivity index (χ4v) is 2.05. The summed E-state index contributed by atoms with van der Waals surface area (Å²) >= 11 is 5.95. The molecule has 0 saturated carbocycles. The molecular formula is C12H10ClN5. The van der Waals surface area contributed by atoms with Crippen molar-refractivity contribution in [1.29, 1.82) is 0 Å². The van der Waals surface area contributed by atoms with E-state index in [1.165, 1.54) is 6.33 Å². The molecule has 0 aliphatic rings. The lowest BCUT2D eigenvalue weighted by molar-refractivity contribution is 0.704. The number of hydrogen-bond acceptors (Lipinski definition) is 4. The van der Waals surface area contributed by atoms with Crippen molar-refractivity contribution in [2.24, 2.45) is 0 Å². The summed E-state index contributed by atoms with van der Waals surface area (Å²) in [6, 6.07) is 7.64. The summed E-state index contributed by atoms with van der Waals surface area (Å²) < 4.78 is 1.78. The average Bonchev–Trinajstić information content (AvgIpc) is 2.74. The number of nitrogens with two attached hydrogens (primary N) is 1. The Morgan fingerprint density at radius 2 is 2.17 bits per heavy atom. The van der Waals surface area contributed by atoms with E-state index in [0.717, 1.165) is 16.6 Å². The molecule has 0 radical (unpaired) electrons.